The van der Waals surface area contributed by atoms with Gasteiger partial charge in [0.25, 0.3) is 0 Å². The molecule has 2 N–H and O–H groups in total. The summed E-state index contributed by atoms with van der Waals surface area (Å²) in [5, 5.41) is 13.9. The topological polar surface area (TPSA) is 58.0 Å². The minimum absolute atomic E-state index is 0.229. The van der Waals surface area contributed by atoms with E-state index in [-0.39, 0.29) is 11.4 Å². The van der Waals surface area contributed by atoms with E-state index in [1.165, 1.54) is 0 Å². The van der Waals surface area contributed by atoms with Crippen molar-refractivity contribution in [2.24, 2.45) is 0 Å². The molecule has 18 heavy (non-hydrogen) atoms. The van der Waals surface area contributed by atoms with E-state index in [9.17, 15) is 5.11 Å². The van der Waals surface area contributed by atoms with Crippen molar-refractivity contribution in [3.05, 3.63) is 29.5 Å². The molecule has 1 aromatic heterocycles. The summed E-state index contributed by atoms with van der Waals surface area (Å²) in [5.74, 6) is 0.717. The zero-order chi connectivity index (χ0) is 13.0. The van der Waals surface area contributed by atoms with Crippen LogP contribution in [0.4, 0.5) is 5.82 Å². The first-order valence-electron chi connectivity index (χ1n) is 6.05. The molecule has 4 nitrogen and oxygen atoms in total. The number of hydrogen-bond donors (Lipinski definition) is 2. The fourth-order valence-corrected chi connectivity index (χ4v) is 1.92. The molecule has 0 aliphatic rings. The number of benzene rings is 1. The SMILES string of the molecule is CCC(O)CCNc1nc(Cl)nc2ccccc12. The number of aromatic nitrogens is 2. The zero-order valence-electron chi connectivity index (χ0n) is 10.2. The fourth-order valence-electron chi connectivity index (χ4n) is 1.74. The van der Waals surface area contributed by atoms with Gasteiger partial charge in [-0.1, -0.05) is 19.1 Å². The van der Waals surface area contributed by atoms with E-state index < -0.39 is 0 Å². The first-order chi connectivity index (χ1) is 8.70. The molecule has 0 aliphatic carbocycles. The number of aliphatic hydroxyl groups excluding tert-OH is 1. The van der Waals surface area contributed by atoms with Crippen LogP contribution in [0.2, 0.25) is 5.28 Å². The Morgan fingerprint density at radius 2 is 2.11 bits per heavy atom. The molecule has 0 spiro atoms. The van der Waals surface area contributed by atoms with Crippen LogP contribution in [-0.2, 0) is 0 Å². The third-order valence-corrected chi connectivity index (χ3v) is 2.99. The molecule has 0 bridgehead atoms. The van der Waals surface area contributed by atoms with Gasteiger partial charge in [-0.05, 0) is 36.6 Å². The highest BCUT2D eigenvalue weighted by Crippen LogP contribution is 2.21. The molecule has 5 heteroatoms. The molecule has 0 fully saturated rings. The van der Waals surface area contributed by atoms with Crippen molar-refractivity contribution >= 4 is 28.3 Å². The standard InChI is InChI=1S/C13H16ClN3O/c1-2-9(18)7-8-15-12-10-5-3-4-6-11(10)16-13(14)17-12/h3-6,9,18H,2,7-8H2,1H3,(H,15,16,17). The zero-order valence-corrected chi connectivity index (χ0v) is 11.0. The summed E-state index contributed by atoms with van der Waals surface area (Å²) in [6.45, 7) is 2.62. The molecule has 0 radical (unpaired) electrons. The van der Waals surface area contributed by atoms with E-state index in [2.05, 4.69) is 15.3 Å². The number of nitrogens with one attached hydrogen (secondary N) is 1. The fraction of sp³-hybridized carbons (Fsp3) is 0.385. The van der Waals surface area contributed by atoms with Crippen LogP contribution in [-0.4, -0.2) is 27.7 Å². The maximum atomic E-state index is 9.50. The summed E-state index contributed by atoms with van der Waals surface area (Å²) in [4.78, 5) is 8.35. The highest BCUT2D eigenvalue weighted by molar-refractivity contribution is 6.28. The van der Waals surface area contributed by atoms with Crippen molar-refractivity contribution in [1.82, 2.24) is 9.97 Å². The van der Waals surface area contributed by atoms with Gasteiger partial charge in [-0.25, -0.2) is 9.97 Å². The summed E-state index contributed by atoms with van der Waals surface area (Å²) in [6, 6.07) is 7.70. The molecule has 2 rings (SSSR count). The summed E-state index contributed by atoms with van der Waals surface area (Å²) in [5.41, 5.74) is 0.816. The van der Waals surface area contributed by atoms with Gasteiger partial charge >= 0.3 is 0 Å². The van der Waals surface area contributed by atoms with Crippen molar-refractivity contribution in [3.63, 3.8) is 0 Å². The molecule has 1 heterocycles. The first kappa shape index (κ1) is 13.1. The second-order valence-electron chi connectivity index (χ2n) is 4.14. The van der Waals surface area contributed by atoms with Gasteiger partial charge in [-0.15, -0.1) is 0 Å². The van der Waals surface area contributed by atoms with Crippen LogP contribution < -0.4 is 5.32 Å². The van der Waals surface area contributed by atoms with E-state index in [1.807, 2.05) is 31.2 Å². The third kappa shape index (κ3) is 3.09. The molecular formula is C13H16ClN3O. The van der Waals surface area contributed by atoms with Crippen LogP contribution >= 0.6 is 11.6 Å². The Bertz CT molecular complexity index is 533. The molecule has 0 amide bonds. The van der Waals surface area contributed by atoms with Crippen molar-refractivity contribution in [2.75, 3.05) is 11.9 Å². The highest BCUT2D eigenvalue weighted by Gasteiger charge is 2.06. The van der Waals surface area contributed by atoms with Crippen LogP contribution in [0.15, 0.2) is 24.3 Å². The molecule has 0 saturated heterocycles. The normalized spacial score (nSPS) is 12.6. The Labute approximate surface area is 111 Å². The second kappa shape index (κ2) is 5.98. The van der Waals surface area contributed by atoms with Crippen LogP contribution in [0.25, 0.3) is 10.9 Å². The number of rotatable bonds is 5. The van der Waals surface area contributed by atoms with Gasteiger partial charge in [-0.2, -0.15) is 0 Å². The summed E-state index contributed by atoms with van der Waals surface area (Å²) >= 11 is 5.88. The number of hydrogen-bond acceptors (Lipinski definition) is 4. The van der Waals surface area contributed by atoms with Crippen LogP contribution in [0.3, 0.4) is 0 Å². The molecule has 2 aromatic rings. The average Bonchev–Trinajstić information content (AvgIpc) is 2.38. The minimum Gasteiger partial charge on any atom is -0.393 e. The maximum Gasteiger partial charge on any atom is 0.224 e. The quantitative estimate of drug-likeness (QED) is 0.816. The largest absolute Gasteiger partial charge is 0.393 e. The van der Waals surface area contributed by atoms with E-state index >= 15 is 0 Å². The molecule has 1 aromatic carbocycles. The molecule has 96 valence electrons. The van der Waals surface area contributed by atoms with E-state index in [4.69, 9.17) is 11.6 Å². The predicted molar refractivity (Wildman–Crippen MR) is 74.0 cm³/mol. The van der Waals surface area contributed by atoms with Crippen molar-refractivity contribution in [3.8, 4) is 0 Å². The monoisotopic (exact) mass is 265 g/mol. The summed E-state index contributed by atoms with van der Waals surface area (Å²) in [7, 11) is 0. The second-order valence-corrected chi connectivity index (χ2v) is 4.47. The average molecular weight is 266 g/mol. The van der Waals surface area contributed by atoms with E-state index in [1.54, 1.807) is 0 Å². The lowest BCUT2D eigenvalue weighted by Gasteiger charge is -2.11. The number of anilines is 1. The Kier molecular flexibility index (Phi) is 4.33. The lowest BCUT2D eigenvalue weighted by Crippen LogP contribution is -2.13. The smallest absolute Gasteiger partial charge is 0.224 e. The number of nitrogens with zero attached hydrogens (tertiary/aromatic N) is 2. The van der Waals surface area contributed by atoms with Gasteiger partial charge in [0, 0.05) is 11.9 Å². The molecular weight excluding hydrogens is 250 g/mol. The molecule has 0 aliphatic heterocycles. The van der Waals surface area contributed by atoms with E-state index in [0.29, 0.717) is 18.8 Å². The van der Waals surface area contributed by atoms with Gasteiger partial charge in [0.2, 0.25) is 5.28 Å². The predicted octanol–water partition coefficient (Wildman–Crippen LogP) is 2.86. The van der Waals surface area contributed by atoms with Crippen molar-refractivity contribution in [1.29, 1.82) is 0 Å². The molecule has 1 unspecified atom stereocenters. The van der Waals surface area contributed by atoms with Crippen molar-refractivity contribution in [2.45, 2.75) is 25.9 Å². The number of fused-ring (bicyclic) bond motifs is 1. The third-order valence-electron chi connectivity index (χ3n) is 2.82. The maximum absolute atomic E-state index is 9.50. The van der Waals surface area contributed by atoms with Gasteiger partial charge < -0.3 is 10.4 Å². The van der Waals surface area contributed by atoms with Gasteiger partial charge in [0.1, 0.15) is 5.82 Å². The Morgan fingerprint density at radius 3 is 2.89 bits per heavy atom. The van der Waals surface area contributed by atoms with Gasteiger partial charge in [0.05, 0.1) is 11.6 Å². The lowest BCUT2D eigenvalue weighted by atomic mass is 10.2. The highest BCUT2D eigenvalue weighted by atomic mass is 35.5. The molecule has 0 saturated carbocycles. The Hall–Kier alpha value is -1.39. The van der Waals surface area contributed by atoms with Crippen LogP contribution in [0.5, 0.6) is 0 Å². The van der Waals surface area contributed by atoms with Crippen LogP contribution in [0.1, 0.15) is 19.8 Å². The van der Waals surface area contributed by atoms with Crippen LogP contribution in [0, 0.1) is 0 Å². The lowest BCUT2D eigenvalue weighted by molar-refractivity contribution is 0.164. The van der Waals surface area contributed by atoms with E-state index in [0.717, 1.165) is 17.3 Å². The summed E-state index contributed by atoms with van der Waals surface area (Å²) < 4.78 is 0. The summed E-state index contributed by atoms with van der Waals surface area (Å²) in [6.07, 6.45) is 1.17. The van der Waals surface area contributed by atoms with Gasteiger partial charge in [-0.3, -0.25) is 0 Å². The first-order valence-corrected chi connectivity index (χ1v) is 6.42. The molecule has 1 atom stereocenters. The Morgan fingerprint density at radius 1 is 1.33 bits per heavy atom. The number of para-hydroxylation sites is 1. The number of aliphatic hydroxyl groups is 1. The Balaban J connectivity index is 2.17. The number of halogens is 1. The minimum atomic E-state index is -0.277. The van der Waals surface area contributed by atoms with Crippen molar-refractivity contribution < 1.29 is 5.11 Å². The van der Waals surface area contributed by atoms with Gasteiger partial charge in [0.15, 0.2) is 0 Å².